The summed E-state index contributed by atoms with van der Waals surface area (Å²) in [6, 6.07) is 2.09. The lowest BCUT2D eigenvalue weighted by Crippen LogP contribution is -2.58. The number of aryl methyl sites for hydroxylation is 1. The number of alkyl halides is 2. The van der Waals surface area contributed by atoms with E-state index < -0.39 is 91.4 Å². The van der Waals surface area contributed by atoms with E-state index in [4.69, 9.17) is 9.26 Å². The molecule has 2 aliphatic heterocycles. The first-order valence-corrected chi connectivity index (χ1v) is 20.0. The van der Waals surface area contributed by atoms with Crippen molar-refractivity contribution in [1.82, 2.24) is 35.4 Å². The van der Waals surface area contributed by atoms with Crippen LogP contribution in [0, 0.1) is 18.7 Å². The Balaban J connectivity index is 1.23. The number of rotatable bonds is 8. The molecule has 0 spiro atoms. The van der Waals surface area contributed by atoms with Crippen molar-refractivity contribution in [3.05, 3.63) is 59.4 Å². The molecule has 2 aliphatic carbocycles. The number of sulfonamides is 1. The Bertz CT molecular complexity index is 2220. The number of amides is 4. The number of ether oxygens (including phenoxy) is 1. The van der Waals surface area contributed by atoms with Gasteiger partial charge in [0.05, 0.1) is 22.3 Å². The highest BCUT2D eigenvalue weighted by Gasteiger charge is 2.63. The van der Waals surface area contributed by atoms with Crippen molar-refractivity contribution in [3.63, 3.8) is 0 Å². The van der Waals surface area contributed by atoms with Gasteiger partial charge in [0.1, 0.15) is 35.3 Å². The van der Waals surface area contributed by atoms with Crippen molar-refractivity contribution in [3.8, 4) is 5.88 Å². The van der Waals surface area contributed by atoms with Gasteiger partial charge >= 0.3 is 0 Å². The van der Waals surface area contributed by atoms with Gasteiger partial charge in [-0.15, -0.1) is 0 Å². The molecule has 0 radical (unpaired) electrons. The molecular formula is C37H42F3N7O8S. The number of benzene rings is 1. The highest BCUT2D eigenvalue weighted by molar-refractivity contribution is 7.91. The summed E-state index contributed by atoms with van der Waals surface area (Å²) < 4.78 is 82.3. The minimum Gasteiger partial charge on any atom is -0.471 e. The summed E-state index contributed by atoms with van der Waals surface area (Å²) in [5, 5.41) is 9.17. The highest BCUT2D eigenvalue weighted by atomic mass is 32.2. The molecule has 15 nitrogen and oxygen atoms in total. The fourth-order valence-corrected chi connectivity index (χ4v) is 8.50. The number of carbonyl (C=O) groups is 4. The van der Waals surface area contributed by atoms with Gasteiger partial charge in [-0.25, -0.2) is 22.8 Å². The molecule has 7 rings (SSSR count). The van der Waals surface area contributed by atoms with Crippen molar-refractivity contribution < 1.29 is 50.0 Å². The molecule has 56 heavy (non-hydrogen) atoms. The summed E-state index contributed by atoms with van der Waals surface area (Å²) in [4.78, 5) is 65.2. The minimum atomic E-state index is -4.08. The molecule has 1 aromatic carbocycles. The molecule has 1 saturated heterocycles. The summed E-state index contributed by atoms with van der Waals surface area (Å²) in [6.45, 7) is 3.36. The van der Waals surface area contributed by atoms with E-state index in [0.717, 1.165) is 17.0 Å². The number of hydrogen-bond donors (Lipinski definition) is 3. The third-order valence-electron chi connectivity index (χ3n) is 10.9. The minimum absolute atomic E-state index is 0.0147. The summed E-state index contributed by atoms with van der Waals surface area (Å²) >= 11 is 0. The standard InChI is InChI=1S/C37H42F3N7O8S/c1-20-15-27(45-55-20)30(48)42-25-10-8-6-4-5-7-9-21-18-37(21,34(51)46-56(52,53)35(2)13-14-35)44-31(49)28-17-23(19-47(28)33(25)50)54-32-29(36(3,39)40)41-24-12-11-22(38)16-26(24)43-32/h7,9,11-12,15-16,21,23,25,28H,4-6,8,10,13-14,17-19H2,1-3H3,(H,42,48)(H,44,49)(H,46,51). The first kappa shape index (κ1) is 39.2. The third kappa shape index (κ3) is 7.82. The molecule has 3 N–H and O–H groups in total. The zero-order valence-corrected chi connectivity index (χ0v) is 31.8. The van der Waals surface area contributed by atoms with Crippen LogP contribution in [0.1, 0.15) is 93.6 Å². The van der Waals surface area contributed by atoms with Gasteiger partial charge in [0.2, 0.25) is 27.7 Å². The van der Waals surface area contributed by atoms with Gasteiger partial charge in [-0.2, -0.15) is 8.78 Å². The molecule has 5 unspecified atom stereocenters. The maximum Gasteiger partial charge on any atom is 0.292 e. The van der Waals surface area contributed by atoms with Gasteiger partial charge in [0.25, 0.3) is 17.7 Å². The number of halogens is 3. The van der Waals surface area contributed by atoms with Crippen LogP contribution < -0.4 is 20.1 Å². The molecule has 4 amide bonds. The van der Waals surface area contributed by atoms with Crippen molar-refractivity contribution >= 4 is 44.7 Å². The number of aromatic nitrogens is 3. The average molecular weight is 802 g/mol. The zero-order valence-electron chi connectivity index (χ0n) is 30.9. The lowest BCUT2D eigenvalue weighted by atomic mass is 10.0. The summed E-state index contributed by atoms with van der Waals surface area (Å²) in [5.74, 6) is -8.23. The Morgan fingerprint density at radius 3 is 2.57 bits per heavy atom. The largest absolute Gasteiger partial charge is 0.471 e. The number of allylic oxidation sites excluding steroid dienone is 1. The van der Waals surface area contributed by atoms with Crippen LogP contribution in [0.15, 0.2) is 40.9 Å². The van der Waals surface area contributed by atoms with E-state index in [2.05, 4.69) is 30.5 Å². The first-order valence-electron chi connectivity index (χ1n) is 18.5. The molecule has 300 valence electrons. The summed E-state index contributed by atoms with van der Waals surface area (Å²) in [5.41, 5.74) is -2.67. The molecule has 3 fully saturated rings. The molecule has 0 bridgehead atoms. The van der Waals surface area contributed by atoms with E-state index in [-0.39, 0.29) is 42.5 Å². The number of carbonyl (C=O) groups excluding carboxylic acids is 4. The Hall–Kier alpha value is -5.07. The Labute approximate surface area is 320 Å². The number of fused-ring (bicyclic) bond motifs is 3. The molecule has 4 aliphatic rings. The van der Waals surface area contributed by atoms with Crippen molar-refractivity contribution in [2.24, 2.45) is 5.92 Å². The third-order valence-corrected chi connectivity index (χ3v) is 13.1. The maximum absolute atomic E-state index is 14.9. The monoisotopic (exact) mass is 801 g/mol. The molecular weight excluding hydrogens is 760 g/mol. The quantitative estimate of drug-likeness (QED) is 0.280. The van der Waals surface area contributed by atoms with Crippen LogP contribution in [0.5, 0.6) is 5.88 Å². The summed E-state index contributed by atoms with van der Waals surface area (Å²) in [7, 11) is -4.08. The van der Waals surface area contributed by atoms with Crippen molar-refractivity contribution in [2.75, 3.05) is 6.54 Å². The van der Waals surface area contributed by atoms with Crippen molar-refractivity contribution in [2.45, 2.75) is 113 Å². The lowest BCUT2D eigenvalue weighted by molar-refractivity contribution is -0.141. The molecule has 2 aromatic heterocycles. The first-order chi connectivity index (χ1) is 26.4. The average Bonchev–Trinajstić information content (AvgIpc) is 3.93. The zero-order chi connectivity index (χ0) is 40.2. The predicted octanol–water partition coefficient (Wildman–Crippen LogP) is 3.72. The normalized spacial score (nSPS) is 26.6. The van der Waals surface area contributed by atoms with Crippen LogP contribution in [0.3, 0.4) is 0 Å². The number of nitrogens with zero attached hydrogens (tertiary/aromatic N) is 4. The number of nitrogens with one attached hydrogen (secondary N) is 3. The maximum atomic E-state index is 14.9. The van der Waals surface area contributed by atoms with Gasteiger partial charge in [-0.1, -0.05) is 30.2 Å². The van der Waals surface area contributed by atoms with Crippen molar-refractivity contribution in [1.29, 1.82) is 0 Å². The van der Waals surface area contributed by atoms with Crippen LogP contribution in [-0.2, 0) is 30.3 Å². The van der Waals surface area contributed by atoms with Crippen LogP contribution in [0.25, 0.3) is 11.0 Å². The van der Waals surface area contributed by atoms with Crippen LogP contribution in [0.4, 0.5) is 13.2 Å². The Morgan fingerprint density at radius 1 is 1.11 bits per heavy atom. The van der Waals surface area contributed by atoms with E-state index >= 15 is 0 Å². The molecule has 5 atom stereocenters. The van der Waals surface area contributed by atoms with E-state index in [1.165, 1.54) is 19.1 Å². The smallest absolute Gasteiger partial charge is 0.292 e. The lowest BCUT2D eigenvalue weighted by Gasteiger charge is -2.30. The molecule has 2 saturated carbocycles. The number of hydrogen-bond acceptors (Lipinski definition) is 11. The van der Waals surface area contributed by atoms with E-state index in [0.29, 0.717) is 51.2 Å². The van der Waals surface area contributed by atoms with Gasteiger partial charge in [-0.3, -0.25) is 23.9 Å². The highest BCUT2D eigenvalue weighted by Crippen LogP contribution is 2.47. The second-order valence-corrected chi connectivity index (χ2v) is 17.6. The second-order valence-electron chi connectivity index (χ2n) is 15.5. The van der Waals surface area contributed by atoms with Crippen LogP contribution in [-0.4, -0.2) is 87.1 Å². The summed E-state index contributed by atoms with van der Waals surface area (Å²) in [6.07, 6.45) is 5.65. The second kappa shape index (κ2) is 14.5. The van der Waals surface area contributed by atoms with E-state index in [1.807, 2.05) is 6.08 Å². The van der Waals surface area contributed by atoms with E-state index in [9.17, 15) is 40.8 Å². The topological polar surface area (TPSA) is 203 Å². The van der Waals surface area contributed by atoms with Crippen LogP contribution >= 0.6 is 0 Å². The van der Waals surface area contributed by atoms with E-state index in [1.54, 1.807) is 13.0 Å². The Kier molecular flexibility index (Phi) is 10.1. The molecule has 19 heteroatoms. The van der Waals surface area contributed by atoms with Gasteiger partial charge in [0.15, 0.2) is 11.4 Å². The molecule has 4 heterocycles. The fraction of sp³-hybridized carbons (Fsp3) is 0.541. The van der Waals surface area contributed by atoms with Gasteiger partial charge < -0.3 is 24.8 Å². The molecule has 3 aromatic rings. The Morgan fingerprint density at radius 2 is 1.88 bits per heavy atom. The van der Waals surface area contributed by atoms with Crippen LogP contribution in [0.2, 0.25) is 0 Å². The SMILES string of the molecule is Cc1cc(C(=O)NC2CCCCCC=CC3CC3(C(=O)NS(=O)(=O)C3(C)CC3)NC(=O)C3CC(Oc4nc5cc(F)ccc5nc4C(C)(F)F)CN3C2=O)no1. The predicted molar refractivity (Wildman–Crippen MR) is 192 cm³/mol. The fourth-order valence-electron chi connectivity index (χ4n) is 7.19. The van der Waals surface area contributed by atoms with Gasteiger partial charge in [-0.05, 0) is 64.5 Å². The van der Waals surface area contributed by atoms with Gasteiger partial charge in [0, 0.05) is 31.4 Å².